The molecule has 0 spiro atoms. The summed E-state index contributed by atoms with van der Waals surface area (Å²) in [7, 11) is -3.58. The highest BCUT2D eigenvalue weighted by Crippen LogP contribution is 2.32. The normalized spacial score (nSPS) is 16.5. The molecule has 0 unspecified atom stereocenters. The van der Waals surface area contributed by atoms with Crippen LogP contribution in [0.2, 0.25) is 0 Å². The topological polar surface area (TPSA) is 57.7 Å². The first-order valence-electron chi connectivity index (χ1n) is 8.63. The highest BCUT2D eigenvalue weighted by molar-refractivity contribution is 7.92. The van der Waals surface area contributed by atoms with Gasteiger partial charge in [0.25, 0.3) is 0 Å². The number of rotatable bonds is 4. The molecule has 26 heavy (non-hydrogen) atoms. The lowest BCUT2D eigenvalue weighted by Crippen LogP contribution is -2.45. The van der Waals surface area contributed by atoms with Crippen molar-refractivity contribution >= 4 is 27.3 Å². The first-order valence-corrected chi connectivity index (χ1v) is 10.5. The van der Waals surface area contributed by atoms with Crippen LogP contribution in [0.4, 0.5) is 11.4 Å². The average molecular weight is 372 g/mol. The van der Waals surface area contributed by atoms with Gasteiger partial charge in [-0.1, -0.05) is 24.3 Å². The van der Waals surface area contributed by atoms with Crippen LogP contribution in [0.3, 0.4) is 0 Å². The number of nitrogens with zero attached hydrogens (tertiary/aromatic N) is 2. The third-order valence-corrected chi connectivity index (χ3v) is 6.07. The molecule has 0 radical (unpaired) electrons. The highest BCUT2D eigenvalue weighted by atomic mass is 32.2. The predicted molar refractivity (Wildman–Crippen MR) is 105 cm³/mol. The van der Waals surface area contributed by atoms with Crippen molar-refractivity contribution < 1.29 is 13.2 Å². The van der Waals surface area contributed by atoms with Crippen LogP contribution in [0.1, 0.15) is 23.6 Å². The molecule has 1 aliphatic rings. The smallest absolute Gasteiger partial charge is 0.248 e. The average Bonchev–Trinajstić information content (AvgIpc) is 2.90. The molecule has 1 heterocycles. The van der Waals surface area contributed by atoms with Gasteiger partial charge in [0.05, 0.1) is 11.9 Å². The Labute approximate surface area is 155 Å². The van der Waals surface area contributed by atoms with E-state index in [1.807, 2.05) is 57.2 Å². The Morgan fingerprint density at radius 2 is 1.85 bits per heavy atom. The quantitative estimate of drug-likeness (QED) is 0.829. The van der Waals surface area contributed by atoms with Gasteiger partial charge in [0, 0.05) is 11.7 Å². The first-order chi connectivity index (χ1) is 12.2. The van der Waals surface area contributed by atoms with Crippen LogP contribution in [0.15, 0.2) is 42.5 Å². The monoisotopic (exact) mass is 372 g/mol. The van der Waals surface area contributed by atoms with E-state index in [-0.39, 0.29) is 18.5 Å². The van der Waals surface area contributed by atoms with Crippen molar-refractivity contribution in [1.29, 1.82) is 0 Å². The van der Waals surface area contributed by atoms with Crippen LogP contribution >= 0.6 is 0 Å². The summed E-state index contributed by atoms with van der Waals surface area (Å²) in [5.74, 6) is -0.217. The van der Waals surface area contributed by atoms with E-state index in [1.54, 1.807) is 11.0 Å². The molecule has 3 rings (SSSR count). The first kappa shape index (κ1) is 18.5. The maximum Gasteiger partial charge on any atom is 0.248 e. The van der Waals surface area contributed by atoms with E-state index >= 15 is 0 Å². The van der Waals surface area contributed by atoms with E-state index < -0.39 is 10.0 Å². The zero-order chi connectivity index (χ0) is 19.1. The number of benzene rings is 2. The van der Waals surface area contributed by atoms with E-state index in [0.29, 0.717) is 5.69 Å². The molecule has 5 nitrogen and oxygen atoms in total. The highest BCUT2D eigenvalue weighted by Gasteiger charge is 2.33. The van der Waals surface area contributed by atoms with Crippen molar-refractivity contribution in [3.05, 3.63) is 59.2 Å². The third kappa shape index (κ3) is 3.46. The summed E-state index contributed by atoms with van der Waals surface area (Å²) >= 11 is 0. The van der Waals surface area contributed by atoms with Crippen molar-refractivity contribution in [2.24, 2.45) is 0 Å². The number of carbonyl (C=O) groups is 1. The molecule has 0 aromatic heterocycles. The molecule has 0 N–H and O–H groups in total. The molecule has 0 aliphatic carbocycles. The molecule has 0 saturated carbocycles. The number of carbonyl (C=O) groups excluding carboxylic acids is 1. The van der Waals surface area contributed by atoms with E-state index in [4.69, 9.17) is 0 Å². The number of hydrogen-bond donors (Lipinski definition) is 0. The number of aryl methyl sites for hydroxylation is 2. The lowest BCUT2D eigenvalue weighted by atomic mass is 10.1. The van der Waals surface area contributed by atoms with Gasteiger partial charge in [-0.15, -0.1) is 0 Å². The Morgan fingerprint density at radius 3 is 2.50 bits per heavy atom. The lowest BCUT2D eigenvalue weighted by Gasteiger charge is -2.28. The Balaban J connectivity index is 1.93. The predicted octanol–water partition coefficient (Wildman–Crippen LogP) is 3.05. The van der Waals surface area contributed by atoms with E-state index in [1.165, 1.54) is 4.31 Å². The van der Waals surface area contributed by atoms with E-state index in [9.17, 15) is 13.2 Å². The van der Waals surface area contributed by atoms with Gasteiger partial charge in [0.15, 0.2) is 0 Å². The fraction of sp³-hybridized carbons (Fsp3) is 0.350. The zero-order valence-corrected chi connectivity index (χ0v) is 16.4. The molecular formula is C20H24N2O3S. The summed E-state index contributed by atoms with van der Waals surface area (Å²) in [6, 6.07) is 13.2. The molecular weight excluding hydrogens is 348 g/mol. The van der Waals surface area contributed by atoms with Gasteiger partial charge < -0.3 is 4.90 Å². The van der Waals surface area contributed by atoms with Crippen LogP contribution in [-0.2, 0) is 21.2 Å². The largest absolute Gasteiger partial charge is 0.307 e. The molecule has 0 saturated heterocycles. The zero-order valence-electron chi connectivity index (χ0n) is 15.6. The summed E-state index contributed by atoms with van der Waals surface area (Å²) in [4.78, 5) is 14.7. The number of anilines is 2. The molecule has 6 heteroatoms. The standard InChI is InChI=1S/C20H24N2O3S/c1-14-9-10-18(11-15(14)2)21(26(4,24)25)13-20(23)22-16(3)12-17-7-5-6-8-19(17)22/h5-11,16H,12-13H2,1-4H3/t16-/m1/s1. The number of amides is 1. The molecule has 1 amide bonds. The van der Waals surface area contributed by atoms with Crippen molar-refractivity contribution in [2.45, 2.75) is 33.2 Å². The molecule has 1 aliphatic heterocycles. The molecule has 138 valence electrons. The minimum atomic E-state index is -3.58. The second-order valence-electron chi connectivity index (χ2n) is 6.98. The lowest BCUT2D eigenvalue weighted by molar-refractivity contribution is -0.117. The van der Waals surface area contributed by atoms with Gasteiger partial charge in [-0.25, -0.2) is 8.42 Å². The van der Waals surface area contributed by atoms with Crippen molar-refractivity contribution in [2.75, 3.05) is 22.0 Å². The van der Waals surface area contributed by atoms with Gasteiger partial charge >= 0.3 is 0 Å². The minimum Gasteiger partial charge on any atom is -0.307 e. The third-order valence-electron chi connectivity index (χ3n) is 4.93. The van der Waals surface area contributed by atoms with Gasteiger partial charge in [-0.2, -0.15) is 0 Å². The summed E-state index contributed by atoms with van der Waals surface area (Å²) in [5.41, 5.74) is 4.58. The summed E-state index contributed by atoms with van der Waals surface area (Å²) in [5, 5.41) is 0. The Bertz CT molecular complexity index is 953. The van der Waals surface area contributed by atoms with E-state index in [0.717, 1.165) is 35.1 Å². The van der Waals surface area contributed by atoms with Crippen LogP contribution in [0, 0.1) is 13.8 Å². The second-order valence-corrected chi connectivity index (χ2v) is 8.89. The molecule has 2 aromatic carbocycles. The minimum absolute atomic E-state index is 0.0149. The Hall–Kier alpha value is -2.34. The summed E-state index contributed by atoms with van der Waals surface area (Å²) in [6.07, 6.45) is 1.92. The van der Waals surface area contributed by atoms with Crippen LogP contribution < -0.4 is 9.21 Å². The van der Waals surface area contributed by atoms with Gasteiger partial charge in [-0.05, 0) is 62.1 Å². The summed E-state index contributed by atoms with van der Waals surface area (Å²) < 4.78 is 25.9. The fourth-order valence-electron chi connectivity index (χ4n) is 3.43. The molecule has 0 fully saturated rings. The van der Waals surface area contributed by atoms with Gasteiger partial charge in [0.1, 0.15) is 6.54 Å². The number of para-hydroxylation sites is 1. The van der Waals surface area contributed by atoms with E-state index in [2.05, 4.69) is 0 Å². The van der Waals surface area contributed by atoms with Gasteiger partial charge in [0.2, 0.25) is 15.9 Å². The molecule has 1 atom stereocenters. The Morgan fingerprint density at radius 1 is 1.15 bits per heavy atom. The van der Waals surface area contributed by atoms with Crippen LogP contribution in [0.5, 0.6) is 0 Å². The Kier molecular flexibility index (Phi) is 4.80. The number of fused-ring (bicyclic) bond motifs is 1. The maximum atomic E-state index is 13.0. The number of sulfonamides is 1. The van der Waals surface area contributed by atoms with Gasteiger partial charge in [-0.3, -0.25) is 9.10 Å². The maximum absolute atomic E-state index is 13.0. The number of hydrogen-bond acceptors (Lipinski definition) is 3. The van der Waals surface area contributed by atoms with Crippen molar-refractivity contribution in [3.63, 3.8) is 0 Å². The van der Waals surface area contributed by atoms with Crippen LogP contribution in [-0.4, -0.2) is 33.2 Å². The van der Waals surface area contributed by atoms with Crippen LogP contribution in [0.25, 0.3) is 0 Å². The van der Waals surface area contributed by atoms with Crippen molar-refractivity contribution in [1.82, 2.24) is 0 Å². The second kappa shape index (κ2) is 6.76. The van der Waals surface area contributed by atoms with Crippen molar-refractivity contribution in [3.8, 4) is 0 Å². The summed E-state index contributed by atoms with van der Waals surface area (Å²) in [6.45, 7) is 5.68. The molecule has 0 bridgehead atoms. The fourth-order valence-corrected chi connectivity index (χ4v) is 4.27. The SMILES string of the molecule is Cc1ccc(N(CC(=O)N2c3ccccc3C[C@H]2C)S(C)(=O)=O)cc1C. The molecule has 2 aromatic rings.